The van der Waals surface area contributed by atoms with Crippen molar-refractivity contribution in [1.29, 1.82) is 0 Å². The number of aromatic amines is 1. The number of hydrogen-bond donors (Lipinski definition) is 2. The van der Waals surface area contributed by atoms with Crippen molar-refractivity contribution in [2.75, 3.05) is 0 Å². The Labute approximate surface area is 104 Å². The van der Waals surface area contributed by atoms with Crippen LogP contribution in [0.4, 0.5) is 0 Å². The highest BCUT2D eigenvalue weighted by Crippen LogP contribution is 2.16. The highest BCUT2D eigenvalue weighted by molar-refractivity contribution is 7.89. The smallest absolute Gasteiger partial charge is 0.244 e. The van der Waals surface area contributed by atoms with Gasteiger partial charge in [0.2, 0.25) is 10.0 Å². The van der Waals surface area contributed by atoms with E-state index < -0.39 is 10.0 Å². The Kier molecular flexibility index (Phi) is 3.18. The first kappa shape index (κ1) is 12.7. The van der Waals surface area contributed by atoms with Crippen LogP contribution in [-0.2, 0) is 23.6 Å². The molecule has 2 aromatic heterocycles. The molecule has 0 aliphatic rings. The zero-order chi connectivity index (χ0) is 13.3. The normalized spacial score (nSPS) is 11.9. The third-order valence-electron chi connectivity index (χ3n) is 2.55. The molecule has 0 spiro atoms. The number of sulfonamides is 1. The fraction of sp³-hybridized carbons (Fsp3) is 0.444. The lowest BCUT2D eigenvalue weighted by atomic mass is 10.4. The zero-order valence-electron chi connectivity index (χ0n) is 10.3. The number of hydrogen-bond acceptors (Lipinski definition) is 5. The Bertz CT molecular complexity index is 637. The number of nitrogens with zero attached hydrogens (tertiary/aromatic N) is 4. The van der Waals surface area contributed by atoms with Gasteiger partial charge in [0, 0.05) is 7.05 Å². The molecule has 98 valence electrons. The van der Waals surface area contributed by atoms with Gasteiger partial charge in [-0.05, 0) is 13.8 Å². The number of nitrogens with one attached hydrogen (secondary N) is 2. The molecule has 2 aromatic rings. The molecule has 0 saturated heterocycles. The Hall–Kier alpha value is -1.74. The van der Waals surface area contributed by atoms with Crippen LogP contribution in [0.3, 0.4) is 0 Å². The van der Waals surface area contributed by atoms with Crippen molar-refractivity contribution in [3.05, 3.63) is 23.5 Å². The molecule has 0 aromatic carbocycles. The molecular formula is C9H14N6O2S. The van der Waals surface area contributed by atoms with Gasteiger partial charge in [-0.15, -0.1) is 10.2 Å². The standard InChI is InChI=1S/C9H14N6O2S/c1-6-9(7(2)13-12-6)18(16,17)11-4-8-14-10-5-15(8)3/h5,11H,4H2,1-3H3,(H,12,13). The van der Waals surface area contributed by atoms with E-state index in [9.17, 15) is 8.42 Å². The Morgan fingerprint density at radius 2 is 2.17 bits per heavy atom. The minimum atomic E-state index is -3.60. The Morgan fingerprint density at radius 3 is 2.67 bits per heavy atom. The van der Waals surface area contributed by atoms with Crippen LogP contribution in [0.1, 0.15) is 17.2 Å². The molecule has 9 heteroatoms. The largest absolute Gasteiger partial charge is 0.320 e. The van der Waals surface area contributed by atoms with Crippen molar-refractivity contribution >= 4 is 10.0 Å². The average Bonchev–Trinajstić information content (AvgIpc) is 2.83. The molecule has 2 heterocycles. The predicted molar refractivity (Wildman–Crippen MR) is 63.1 cm³/mol. The van der Waals surface area contributed by atoms with Crippen LogP contribution in [0.15, 0.2) is 11.2 Å². The molecule has 0 aliphatic heterocycles. The molecule has 2 N–H and O–H groups in total. The molecule has 0 aliphatic carbocycles. The molecule has 0 unspecified atom stereocenters. The van der Waals surface area contributed by atoms with Crippen LogP contribution in [0, 0.1) is 13.8 Å². The number of rotatable bonds is 4. The second-order valence-corrected chi connectivity index (χ2v) is 5.65. The summed E-state index contributed by atoms with van der Waals surface area (Å²) >= 11 is 0. The summed E-state index contributed by atoms with van der Waals surface area (Å²) in [5, 5.41) is 14.0. The molecule has 0 radical (unpaired) electrons. The lowest BCUT2D eigenvalue weighted by Crippen LogP contribution is -2.25. The fourth-order valence-electron chi connectivity index (χ4n) is 1.64. The topological polar surface area (TPSA) is 106 Å². The van der Waals surface area contributed by atoms with Crippen LogP contribution < -0.4 is 4.72 Å². The molecule has 0 amide bonds. The van der Waals surface area contributed by atoms with Crippen LogP contribution in [0.5, 0.6) is 0 Å². The quantitative estimate of drug-likeness (QED) is 0.788. The maximum Gasteiger partial charge on any atom is 0.244 e. The highest BCUT2D eigenvalue weighted by Gasteiger charge is 2.22. The van der Waals surface area contributed by atoms with Crippen molar-refractivity contribution < 1.29 is 8.42 Å². The fourth-order valence-corrected chi connectivity index (χ4v) is 2.98. The van der Waals surface area contributed by atoms with Gasteiger partial charge in [-0.25, -0.2) is 13.1 Å². The molecule has 0 saturated carbocycles. The van der Waals surface area contributed by atoms with Gasteiger partial charge in [-0.2, -0.15) is 5.10 Å². The zero-order valence-corrected chi connectivity index (χ0v) is 11.1. The van der Waals surface area contributed by atoms with E-state index in [0.29, 0.717) is 17.2 Å². The van der Waals surface area contributed by atoms with E-state index in [2.05, 4.69) is 25.1 Å². The summed E-state index contributed by atoms with van der Waals surface area (Å²) < 4.78 is 28.4. The summed E-state index contributed by atoms with van der Waals surface area (Å²) in [6.45, 7) is 3.39. The summed E-state index contributed by atoms with van der Waals surface area (Å²) in [5.41, 5.74) is 0.955. The van der Waals surface area contributed by atoms with Crippen LogP contribution in [0.25, 0.3) is 0 Å². The Balaban J connectivity index is 2.21. The van der Waals surface area contributed by atoms with Crippen LogP contribution in [-0.4, -0.2) is 33.4 Å². The number of aryl methyl sites for hydroxylation is 3. The molecular weight excluding hydrogens is 256 g/mol. The van der Waals surface area contributed by atoms with E-state index in [4.69, 9.17) is 0 Å². The van der Waals surface area contributed by atoms with Crippen molar-refractivity contribution in [3.8, 4) is 0 Å². The highest BCUT2D eigenvalue weighted by atomic mass is 32.2. The minimum Gasteiger partial charge on any atom is -0.320 e. The van der Waals surface area contributed by atoms with Gasteiger partial charge in [0.1, 0.15) is 17.0 Å². The SMILES string of the molecule is Cc1n[nH]c(C)c1S(=O)(=O)NCc1nncn1C. The van der Waals surface area contributed by atoms with Gasteiger partial charge in [-0.3, -0.25) is 5.10 Å². The monoisotopic (exact) mass is 270 g/mol. The van der Waals surface area contributed by atoms with E-state index in [1.54, 1.807) is 25.5 Å². The maximum absolute atomic E-state index is 12.1. The van der Waals surface area contributed by atoms with Crippen molar-refractivity contribution in [2.24, 2.45) is 7.05 Å². The maximum atomic E-state index is 12.1. The third kappa shape index (κ3) is 2.27. The first-order valence-electron chi connectivity index (χ1n) is 5.26. The first-order chi connectivity index (χ1) is 8.42. The molecule has 0 bridgehead atoms. The van der Waals surface area contributed by atoms with Crippen molar-refractivity contribution in [2.45, 2.75) is 25.3 Å². The molecule has 0 atom stereocenters. The first-order valence-corrected chi connectivity index (χ1v) is 6.74. The second-order valence-electron chi connectivity index (χ2n) is 3.95. The Morgan fingerprint density at radius 1 is 1.44 bits per heavy atom. The number of H-pyrrole nitrogens is 1. The van der Waals surface area contributed by atoms with Gasteiger partial charge in [0.05, 0.1) is 17.9 Å². The van der Waals surface area contributed by atoms with Crippen LogP contribution in [0.2, 0.25) is 0 Å². The van der Waals surface area contributed by atoms with E-state index in [-0.39, 0.29) is 11.4 Å². The van der Waals surface area contributed by atoms with E-state index in [1.165, 1.54) is 6.33 Å². The second kappa shape index (κ2) is 4.50. The lowest BCUT2D eigenvalue weighted by Gasteiger charge is -2.06. The summed E-state index contributed by atoms with van der Waals surface area (Å²) in [7, 11) is -1.85. The van der Waals surface area contributed by atoms with Crippen molar-refractivity contribution in [1.82, 2.24) is 29.7 Å². The summed E-state index contributed by atoms with van der Waals surface area (Å²) in [6.07, 6.45) is 1.51. The van der Waals surface area contributed by atoms with Gasteiger partial charge < -0.3 is 4.57 Å². The molecule has 2 rings (SSSR count). The van der Waals surface area contributed by atoms with Gasteiger partial charge in [0.25, 0.3) is 0 Å². The summed E-state index contributed by atoms with van der Waals surface area (Å²) in [5.74, 6) is 0.539. The van der Waals surface area contributed by atoms with E-state index in [1.807, 2.05) is 0 Å². The van der Waals surface area contributed by atoms with Gasteiger partial charge in [0.15, 0.2) is 0 Å². The van der Waals surface area contributed by atoms with E-state index in [0.717, 1.165) is 0 Å². The lowest BCUT2D eigenvalue weighted by molar-refractivity contribution is 0.576. The predicted octanol–water partition coefficient (Wildman–Crippen LogP) is -0.366. The van der Waals surface area contributed by atoms with Crippen molar-refractivity contribution in [3.63, 3.8) is 0 Å². The van der Waals surface area contributed by atoms with E-state index >= 15 is 0 Å². The average molecular weight is 270 g/mol. The summed E-state index contributed by atoms with van der Waals surface area (Å²) in [6, 6.07) is 0. The third-order valence-corrected chi connectivity index (χ3v) is 4.22. The van der Waals surface area contributed by atoms with Crippen LogP contribution >= 0.6 is 0 Å². The number of aromatic nitrogens is 5. The summed E-state index contributed by atoms with van der Waals surface area (Å²) in [4.78, 5) is 0.185. The van der Waals surface area contributed by atoms with Gasteiger partial charge >= 0.3 is 0 Å². The molecule has 18 heavy (non-hydrogen) atoms. The molecule has 8 nitrogen and oxygen atoms in total. The molecule has 0 fully saturated rings. The minimum absolute atomic E-state index is 0.0862. The van der Waals surface area contributed by atoms with Gasteiger partial charge in [-0.1, -0.05) is 0 Å².